The van der Waals surface area contributed by atoms with Gasteiger partial charge in [0.05, 0.1) is 12.2 Å². The zero-order chi connectivity index (χ0) is 19.2. The molecule has 144 valence electrons. The van der Waals surface area contributed by atoms with Crippen molar-refractivity contribution in [1.82, 2.24) is 0 Å². The Morgan fingerprint density at radius 3 is 2.59 bits per heavy atom. The van der Waals surface area contributed by atoms with E-state index in [9.17, 15) is 9.59 Å². The number of rotatable bonds is 7. The van der Waals surface area contributed by atoms with E-state index in [1.54, 1.807) is 6.92 Å². The molecule has 1 amide bonds. The van der Waals surface area contributed by atoms with Crippen molar-refractivity contribution in [1.29, 1.82) is 0 Å². The number of ether oxygens (including phenoxy) is 2. The molecule has 1 N–H and O–H groups in total. The summed E-state index contributed by atoms with van der Waals surface area (Å²) in [6, 6.07) is 9.28. The number of esters is 1. The molecule has 3 rings (SSSR count). The van der Waals surface area contributed by atoms with Crippen molar-refractivity contribution in [2.24, 2.45) is 0 Å². The Morgan fingerprint density at radius 2 is 1.89 bits per heavy atom. The van der Waals surface area contributed by atoms with E-state index in [-0.39, 0.29) is 11.9 Å². The third-order valence-electron chi connectivity index (χ3n) is 4.57. The number of fused-ring (bicyclic) bond motifs is 1. The molecule has 1 aliphatic carbocycles. The highest BCUT2D eigenvalue weighted by Crippen LogP contribution is 2.38. The summed E-state index contributed by atoms with van der Waals surface area (Å²) >= 11 is 1.49. The van der Waals surface area contributed by atoms with Crippen LogP contribution in [-0.2, 0) is 22.4 Å². The highest BCUT2D eigenvalue weighted by Gasteiger charge is 2.29. The second kappa shape index (κ2) is 9.04. The summed E-state index contributed by atoms with van der Waals surface area (Å²) in [5, 5.41) is 3.52. The van der Waals surface area contributed by atoms with E-state index in [2.05, 4.69) is 5.32 Å². The van der Waals surface area contributed by atoms with Crippen molar-refractivity contribution in [2.45, 2.75) is 52.1 Å². The second-order valence-corrected chi connectivity index (χ2v) is 7.56. The van der Waals surface area contributed by atoms with E-state index in [0.717, 1.165) is 31.2 Å². The molecule has 0 saturated heterocycles. The number of benzene rings is 1. The van der Waals surface area contributed by atoms with E-state index >= 15 is 0 Å². The predicted molar refractivity (Wildman–Crippen MR) is 107 cm³/mol. The van der Waals surface area contributed by atoms with Crippen LogP contribution in [0.5, 0.6) is 5.75 Å². The molecular weight excluding hydrogens is 362 g/mol. The van der Waals surface area contributed by atoms with Gasteiger partial charge in [-0.15, -0.1) is 11.3 Å². The third kappa shape index (κ3) is 4.50. The Morgan fingerprint density at radius 1 is 1.15 bits per heavy atom. The molecule has 1 aromatic heterocycles. The van der Waals surface area contributed by atoms with Gasteiger partial charge in [0.15, 0.2) is 6.10 Å². The summed E-state index contributed by atoms with van der Waals surface area (Å²) in [5.41, 5.74) is 1.57. The number of para-hydroxylation sites is 1. The molecule has 0 fully saturated rings. The van der Waals surface area contributed by atoms with E-state index in [4.69, 9.17) is 9.47 Å². The van der Waals surface area contributed by atoms with Gasteiger partial charge in [0.1, 0.15) is 10.8 Å². The van der Waals surface area contributed by atoms with Crippen molar-refractivity contribution in [3.05, 3.63) is 46.3 Å². The first-order valence-corrected chi connectivity index (χ1v) is 10.3. The molecule has 2 aromatic rings. The third-order valence-corrected chi connectivity index (χ3v) is 5.78. The molecule has 0 saturated carbocycles. The molecule has 6 heteroatoms. The van der Waals surface area contributed by atoms with Gasteiger partial charge in [-0.1, -0.05) is 25.1 Å². The zero-order valence-electron chi connectivity index (χ0n) is 15.7. The van der Waals surface area contributed by atoms with E-state index in [0.29, 0.717) is 29.3 Å². The second-order valence-electron chi connectivity index (χ2n) is 6.45. The predicted octanol–water partition coefficient (Wildman–Crippen LogP) is 4.60. The van der Waals surface area contributed by atoms with Crippen molar-refractivity contribution in [3.63, 3.8) is 0 Å². The number of carbonyl (C=O) groups is 2. The number of nitrogens with one attached hydrogen (secondary N) is 1. The number of anilines is 1. The number of hydrogen-bond donors (Lipinski definition) is 1. The van der Waals surface area contributed by atoms with Gasteiger partial charge in [0, 0.05) is 4.88 Å². The molecule has 1 heterocycles. The Labute approximate surface area is 163 Å². The Balaban J connectivity index is 1.82. The van der Waals surface area contributed by atoms with Gasteiger partial charge in [0.2, 0.25) is 0 Å². The molecule has 1 aromatic carbocycles. The normalized spacial score (nSPS) is 14.1. The molecule has 0 radical (unpaired) electrons. The summed E-state index contributed by atoms with van der Waals surface area (Å²) in [5.74, 6) is 0.0466. The number of amides is 1. The van der Waals surface area contributed by atoms with Crippen LogP contribution in [0, 0.1) is 0 Å². The Bertz CT molecular complexity index is 800. The zero-order valence-corrected chi connectivity index (χ0v) is 16.6. The number of aryl methyl sites for hydroxylation is 1. The van der Waals surface area contributed by atoms with Gasteiger partial charge in [-0.2, -0.15) is 0 Å². The molecular formula is C21H25NO4S. The maximum absolute atomic E-state index is 12.8. The topological polar surface area (TPSA) is 64.6 Å². The molecule has 0 unspecified atom stereocenters. The lowest BCUT2D eigenvalue weighted by atomic mass is 9.95. The van der Waals surface area contributed by atoms with Crippen LogP contribution in [0.25, 0.3) is 0 Å². The van der Waals surface area contributed by atoms with Crippen LogP contribution in [0.2, 0.25) is 0 Å². The highest BCUT2D eigenvalue weighted by molar-refractivity contribution is 7.17. The quantitative estimate of drug-likeness (QED) is 0.705. The fraction of sp³-hybridized carbons (Fsp3) is 0.429. The molecule has 0 spiro atoms. The van der Waals surface area contributed by atoms with E-state index < -0.39 is 6.10 Å². The minimum atomic E-state index is -0.624. The standard InChI is InChI=1S/C21H25NO4S/c1-3-16(26-14-10-6-5-7-11-14)19(23)22-20-18(21(24)25-4-2)15-12-8-9-13-17(15)27-20/h5-7,10-11,16H,3-4,8-9,12-13H2,1-2H3,(H,22,23)/t16-/m0/s1. The van der Waals surface area contributed by atoms with Crippen LogP contribution in [0.15, 0.2) is 30.3 Å². The van der Waals surface area contributed by atoms with Crippen molar-refractivity contribution >= 4 is 28.2 Å². The van der Waals surface area contributed by atoms with Gasteiger partial charge in [-0.3, -0.25) is 4.79 Å². The smallest absolute Gasteiger partial charge is 0.341 e. The minimum absolute atomic E-state index is 0.245. The average molecular weight is 388 g/mol. The molecule has 1 aliphatic rings. The summed E-state index contributed by atoms with van der Waals surface area (Å²) in [4.78, 5) is 26.5. The SMILES string of the molecule is CCOC(=O)c1c(NC(=O)[C@H](CC)Oc2ccccc2)sc2c1CCCC2. The van der Waals surface area contributed by atoms with Gasteiger partial charge in [0.25, 0.3) is 5.91 Å². The average Bonchev–Trinajstić information content (AvgIpc) is 3.04. The van der Waals surface area contributed by atoms with Crippen LogP contribution in [0.1, 0.15) is 53.9 Å². The maximum Gasteiger partial charge on any atom is 0.341 e. The van der Waals surface area contributed by atoms with Crippen LogP contribution in [0.4, 0.5) is 5.00 Å². The molecule has 5 nitrogen and oxygen atoms in total. The van der Waals surface area contributed by atoms with Crippen LogP contribution in [-0.4, -0.2) is 24.6 Å². The van der Waals surface area contributed by atoms with Crippen LogP contribution >= 0.6 is 11.3 Å². The molecule has 27 heavy (non-hydrogen) atoms. The lowest BCUT2D eigenvalue weighted by molar-refractivity contribution is -0.122. The van der Waals surface area contributed by atoms with Crippen LogP contribution in [0.3, 0.4) is 0 Å². The first-order chi connectivity index (χ1) is 13.1. The van der Waals surface area contributed by atoms with Crippen molar-refractivity contribution < 1.29 is 19.1 Å². The Hall–Kier alpha value is -2.34. The largest absolute Gasteiger partial charge is 0.481 e. The number of carbonyl (C=O) groups excluding carboxylic acids is 2. The first-order valence-electron chi connectivity index (χ1n) is 9.48. The fourth-order valence-electron chi connectivity index (χ4n) is 3.25. The number of thiophene rings is 1. The number of hydrogen-bond acceptors (Lipinski definition) is 5. The van der Waals surface area contributed by atoms with E-state index in [1.807, 2.05) is 37.3 Å². The summed E-state index contributed by atoms with van der Waals surface area (Å²) in [7, 11) is 0. The summed E-state index contributed by atoms with van der Waals surface area (Å²) in [6.45, 7) is 4.00. The van der Waals surface area contributed by atoms with Gasteiger partial charge in [-0.25, -0.2) is 4.79 Å². The summed E-state index contributed by atoms with van der Waals surface area (Å²) < 4.78 is 11.1. The monoisotopic (exact) mass is 387 g/mol. The van der Waals surface area contributed by atoms with Gasteiger partial charge in [-0.05, 0) is 56.7 Å². The molecule has 1 atom stereocenters. The van der Waals surface area contributed by atoms with Gasteiger partial charge < -0.3 is 14.8 Å². The maximum atomic E-state index is 12.8. The van der Waals surface area contributed by atoms with Crippen LogP contribution < -0.4 is 10.1 Å². The minimum Gasteiger partial charge on any atom is -0.481 e. The highest BCUT2D eigenvalue weighted by atomic mass is 32.1. The summed E-state index contributed by atoms with van der Waals surface area (Å²) in [6.07, 6.45) is 3.87. The van der Waals surface area contributed by atoms with E-state index in [1.165, 1.54) is 16.2 Å². The Kier molecular flexibility index (Phi) is 6.50. The van der Waals surface area contributed by atoms with Crippen molar-refractivity contribution in [2.75, 3.05) is 11.9 Å². The van der Waals surface area contributed by atoms with Crippen molar-refractivity contribution in [3.8, 4) is 5.75 Å². The fourth-order valence-corrected chi connectivity index (χ4v) is 4.53. The first kappa shape index (κ1) is 19.4. The lowest BCUT2D eigenvalue weighted by Crippen LogP contribution is -2.32. The lowest BCUT2D eigenvalue weighted by Gasteiger charge is -2.17. The molecule has 0 bridgehead atoms. The van der Waals surface area contributed by atoms with Gasteiger partial charge >= 0.3 is 5.97 Å². The molecule has 0 aliphatic heterocycles.